The van der Waals surface area contributed by atoms with Gasteiger partial charge in [0.05, 0.1) is 12.8 Å². The van der Waals surface area contributed by atoms with Gasteiger partial charge in [0.1, 0.15) is 30.4 Å². The standard InChI is InChI=1S/C34H46N6O7/c1-5-6-17-35-32(45)29(21(2)3)39(18-25(23-13-9-7-10-14-23)24-15-11-8-12-16-24)33(46)26-19-40(38-37-26)34-28(36-22(4)42)31(44)30(43)27(20-41)47-34/h7-16,19,21,25,27-31,34,41,43-44H,5-6,17-18,20H2,1-4H3,(H,35,45)(H,36,42)/t27-,28-,29?,30-,31-,34-/m1/s1. The lowest BCUT2D eigenvalue weighted by Gasteiger charge is -2.42. The fraction of sp³-hybridized carbons (Fsp3) is 0.500. The first kappa shape index (κ1) is 35.7. The van der Waals surface area contributed by atoms with Crippen molar-refractivity contribution in [3.05, 3.63) is 83.7 Å². The predicted molar refractivity (Wildman–Crippen MR) is 173 cm³/mol. The molecule has 13 heteroatoms. The van der Waals surface area contributed by atoms with E-state index in [0.717, 1.165) is 24.0 Å². The Balaban J connectivity index is 1.75. The average Bonchev–Trinajstić information content (AvgIpc) is 3.56. The lowest BCUT2D eigenvalue weighted by molar-refractivity contribution is -0.219. The number of ether oxygens (including phenoxy) is 1. The number of amides is 3. The maximum atomic E-state index is 14.5. The largest absolute Gasteiger partial charge is 0.394 e. The van der Waals surface area contributed by atoms with Gasteiger partial charge < -0.3 is 35.6 Å². The fourth-order valence-corrected chi connectivity index (χ4v) is 5.95. The molecule has 1 saturated heterocycles. The van der Waals surface area contributed by atoms with Gasteiger partial charge in [0.2, 0.25) is 11.8 Å². The van der Waals surface area contributed by atoms with Gasteiger partial charge in [-0.05, 0) is 23.5 Å². The first-order chi connectivity index (χ1) is 22.6. The zero-order chi connectivity index (χ0) is 34.1. The Bertz CT molecular complexity index is 1410. The Hall–Kier alpha value is -4.17. The molecule has 1 aliphatic heterocycles. The number of hydrogen-bond acceptors (Lipinski definition) is 9. The molecule has 254 valence electrons. The van der Waals surface area contributed by atoms with Gasteiger partial charge in [-0.15, -0.1) is 5.10 Å². The maximum absolute atomic E-state index is 14.5. The molecular weight excluding hydrogens is 604 g/mol. The van der Waals surface area contributed by atoms with Crippen LogP contribution in [0.4, 0.5) is 0 Å². The van der Waals surface area contributed by atoms with E-state index in [1.54, 1.807) is 0 Å². The first-order valence-electron chi connectivity index (χ1n) is 16.1. The van der Waals surface area contributed by atoms with E-state index >= 15 is 0 Å². The summed E-state index contributed by atoms with van der Waals surface area (Å²) in [6.45, 7) is 7.06. The highest BCUT2D eigenvalue weighted by atomic mass is 16.5. The number of aliphatic hydroxyl groups excluding tert-OH is 3. The highest BCUT2D eigenvalue weighted by Crippen LogP contribution is 2.30. The van der Waals surface area contributed by atoms with Crippen LogP contribution in [-0.2, 0) is 14.3 Å². The molecule has 1 aromatic heterocycles. The highest BCUT2D eigenvalue weighted by Gasteiger charge is 2.46. The monoisotopic (exact) mass is 650 g/mol. The van der Waals surface area contributed by atoms with E-state index in [0.29, 0.717) is 6.54 Å². The summed E-state index contributed by atoms with van der Waals surface area (Å²) in [5.74, 6) is -1.88. The first-order valence-corrected chi connectivity index (χ1v) is 16.1. The van der Waals surface area contributed by atoms with Crippen LogP contribution in [0, 0.1) is 5.92 Å². The Morgan fingerprint density at radius 1 is 1.00 bits per heavy atom. The summed E-state index contributed by atoms with van der Waals surface area (Å²) in [5.41, 5.74) is 1.83. The fourth-order valence-electron chi connectivity index (χ4n) is 5.95. The lowest BCUT2D eigenvalue weighted by Crippen LogP contribution is -2.62. The minimum absolute atomic E-state index is 0.0942. The van der Waals surface area contributed by atoms with Crippen molar-refractivity contribution in [1.82, 2.24) is 30.5 Å². The van der Waals surface area contributed by atoms with Crippen molar-refractivity contribution in [1.29, 1.82) is 0 Å². The zero-order valence-electron chi connectivity index (χ0n) is 27.3. The number of nitrogens with zero attached hydrogens (tertiary/aromatic N) is 4. The average molecular weight is 651 g/mol. The number of carbonyl (C=O) groups is 3. The second kappa shape index (κ2) is 16.6. The molecule has 13 nitrogen and oxygen atoms in total. The minimum atomic E-state index is -1.51. The van der Waals surface area contributed by atoms with Crippen molar-refractivity contribution in [2.45, 2.75) is 83.1 Å². The number of unbranched alkanes of at least 4 members (excludes halogenated alkanes) is 1. The molecule has 1 unspecified atom stereocenters. The van der Waals surface area contributed by atoms with Gasteiger partial charge in [0.25, 0.3) is 5.91 Å². The number of aromatic nitrogens is 3. The predicted octanol–water partition coefficient (Wildman–Crippen LogP) is 1.61. The molecule has 0 bridgehead atoms. The summed E-state index contributed by atoms with van der Waals surface area (Å²) in [6.07, 6.45) is -2.38. The van der Waals surface area contributed by atoms with Gasteiger partial charge >= 0.3 is 0 Å². The van der Waals surface area contributed by atoms with Gasteiger partial charge in [0.15, 0.2) is 11.9 Å². The third-order valence-corrected chi connectivity index (χ3v) is 8.37. The second-order valence-corrected chi connectivity index (χ2v) is 12.2. The van der Waals surface area contributed by atoms with Crippen molar-refractivity contribution in [3.8, 4) is 0 Å². The third kappa shape index (κ3) is 8.60. The van der Waals surface area contributed by atoms with Crippen molar-refractivity contribution < 1.29 is 34.4 Å². The quantitative estimate of drug-likeness (QED) is 0.162. The molecule has 1 aliphatic rings. The van der Waals surface area contributed by atoms with E-state index in [9.17, 15) is 29.7 Å². The molecule has 6 atom stereocenters. The van der Waals surface area contributed by atoms with Crippen LogP contribution in [0.2, 0.25) is 0 Å². The Labute approximate surface area is 274 Å². The van der Waals surface area contributed by atoms with Crippen LogP contribution in [0.15, 0.2) is 66.9 Å². The molecule has 0 radical (unpaired) electrons. The van der Waals surface area contributed by atoms with Gasteiger partial charge in [-0.2, -0.15) is 0 Å². The van der Waals surface area contributed by atoms with Crippen LogP contribution in [0.3, 0.4) is 0 Å². The molecule has 3 amide bonds. The Morgan fingerprint density at radius 2 is 1.62 bits per heavy atom. The van der Waals surface area contributed by atoms with E-state index in [1.807, 2.05) is 81.4 Å². The zero-order valence-corrected chi connectivity index (χ0v) is 27.3. The summed E-state index contributed by atoms with van der Waals surface area (Å²) < 4.78 is 7.00. The number of benzene rings is 2. The van der Waals surface area contributed by atoms with Crippen LogP contribution in [0.5, 0.6) is 0 Å². The van der Waals surface area contributed by atoms with E-state index < -0.39 is 55.0 Å². The van der Waals surface area contributed by atoms with Crippen LogP contribution >= 0.6 is 0 Å². The summed E-state index contributed by atoms with van der Waals surface area (Å²) in [7, 11) is 0. The number of aliphatic hydroxyl groups is 3. The van der Waals surface area contributed by atoms with Gasteiger partial charge in [-0.25, -0.2) is 4.68 Å². The molecule has 2 aromatic carbocycles. The highest BCUT2D eigenvalue weighted by molar-refractivity contribution is 5.96. The van der Waals surface area contributed by atoms with Crippen LogP contribution in [0.1, 0.15) is 74.3 Å². The van der Waals surface area contributed by atoms with Crippen LogP contribution in [-0.4, -0.2) is 103 Å². The third-order valence-electron chi connectivity index (χ3n) is 8.37. The minimum Gasteiger partial charge on any atom is -0.394 e. The number of hydrogen-bond donors (Lipinski definition) is 5. The Morgan fingerprint density at radius 3 is 2.15 bits per heavy atom. The van der Waals surface area contributed by atoms with Crippen molar-refractivity contribution in [2.24, 2.45) is 5.92 Å². The lowest BCUT2D eigenvalue weighted by atomic mass is 9.89. The van der Waals surface area contributed by atoms with Crippen molar-refractivity contribution >= 4 is 17.7 Å². The summed E-state index contributed by atoms with van der Waals surface area (Å²) in [5, 5.41) is 44.8. The summed E-state index contributed by atoms with van der Waals surface area (Å²) in [6, 6.07) is 17.5. The molecule has 47 heavy (non-hydrogen) atoms. The SMILES string of the molecule is CCCCNC(=O)C(C(C)C)N(CC(c1ccccc1)c1ccccc1)C(=O)c1cn([C@@H]2O[C@H](CO)[C@@H](O)[C@H](O)[C@H]2NC(C)=O)nn1. The molecular formula is C34H46N6O7. The van der Waals surface area contributed by atoms with Gasteiger partial charge in [-0.1, -0.05) is 93.1 Å². The van der Waals surface area contributed by atoms with E-state index in [4.69, 9.17) is 4.74 Å². The molecule has 4 rings (SSSR count). The normalized spacial score (nSPS) is 21.8. The van der Waals surface area contributed by atoms with E-state index in [1.165, 1.54) is 22.7 Å². The molecule has 0 saturated carbocycles. The van der Waals surface area contributed by atoms with Gasteiger partial charge in [-0.3, -0.25) is 14.4 Å². The molecule has 0 aliphatic carbocycles. The number of nitrogens with one attached hydrogen (secondary N) is 2. The molecule has 2 heterocycles. The smallest absolute Gasteiger partial charge is 0.276 e. The number of carbonyl (C=O) groups excluding carboxylic acids is 3. The Kier molecular flexibility index (Phi) is 12.6. The molecule has 1 fully saturated rings. The van der Waals surface area contributed by atoms with E-state index in [2.05, 4.69) is 20.9 Å². The maximum Gasteiger partial charge on any atom is 0.276 e. The van der Waals surface area contributed by atoms with Crippen LogP contribution < -0.4 is 10.6 Å². The van der Waals surface area contributed by atoms with E-state index in [-0.39, 0.29) is 30.0 Å². The topological polar surface area (TPSA) is 179 Å². The second-order valence-electron chi connectivity index (χ2n) is 12.2. The summed E-state index contributed by atoms with van der Waals surface area (Å²) in [4.78, 5) is 41.8. The molecule has 0 spiro atoms. The van der Waals surface area contributed by atoms with Crippen LogP contribution in [0.25, 0.3) is 0 Å². The van der Waals surface area contributed by atoms with Gasteiger partial charge in [0, 0.05) is 25.9 Å². The molecule has 5 N–H and O–H groups in total. The summed E-state index contributed by atoms with van der Waals surface area (Å²) >= 11 is 0. The van der Waals surface area contributed by atoms with Crippen molar-refractivity contribution in [3.63, 3.8) is 0 Å². The molecule has 3 aromatic rings. The van der Waals surface area contributed by atoms with Crippen molar-refractivity contribution in [2.75, 3.05) is 19.7 Å². The number of rotatable bonds is 14.